The highest BCUT2D eigenvalue weighted by Crippen LogP contribution is 2.40. The van der Waals surface area contributed by atoms with Gasteiger partial charge < -0.3 is 18.9 Å². The zero-order valence-corrected chi connectivity index (χ0v) is 35.3. The summed E-state index contributed by atoms with van der Waals surface area (Å²) >= 11 is 0. The summed E-state index contributed by atoms with van der Waals surface area (Å²) in [5.74, 6) is 1.69. The van der Waals surface area contributed by atoms with Crippen molar-refractivity contribution in [1.82, 2.24) is 4.98 Å². The van der Waals surface area contributed by atoms with Crippen LogP contribution in [0.3, 0.4) is 0 Å². The second-order valence-electron chi connectivity index (χ2n) is 15.5. The first kappa shape index (κ1) is 47.4. The molecular weight excluding hydrogens is 671 g/mol. The van der Waals surface area contributed by atoms with Gasteiger partial charge in [-0.25, -0.2) is 4.79 Å². The highest BCUT2D eigenvalue weighted by molar-refractivity contribution is 5.92. The number of carbonyl (C=O) groups excluding carboxylic acids is 1. The van der Waals surface area contributed by atoms with Gasteiger partial charge in [-0.05, 0) is 43.5 Å². The van der Waals surface area contributed by atoms with Crippen LogP contribution in [0.1, 0.15) is 224 Å². The van der Waals surface area contributed by atoms with Crippen molar-refractivity contribution >= 4 is 5.97 Å². The van der Waals surface area contributed by atoms with E-state index in [9.17, 15) is 4.79 Å². The topological polar surface area (TPSA) is 66.9 Å². The van der Waals surface area contributed by atoms with Crippen molar-refractivity contribution in [2.75, 3.05) is 19.8 Å². The van der Waals surface area contributed by atoms with Crippen LogP contribution in [0.25, 0.3) is 0 Å². The molecule has 0 amide bonds. The molecule has 0 fully saturated rings. The summed E-state index contributed by atoms with van der Waals surface area (Å²) in [5, 5.41) is 0. The SMILES string of the molecule is CCCCCCCCCCCCOc1cc(C(=O)Oc2cccnc2)cc(OCCCCCCCCCCCC)c1OCCCCCCCCCCCC. The Hall–Kier alpha value is -2.76. The molecule has 0 N–H and O–H groups in total. The molecule has 0 saturated heterocycles. The Morgan fingerprint density at radius 1 is 0.481 bits per heavy atom. The Bertz CT molecular complexity index is 1090. The molecular formula is C48H81NO5. The van der Waals surface area contributed by atoms with E-state index in [1.165, 1.54) is 154 Å². The van der Waals surface area contributed by atoms with E-state index < -0.39 is 5.97 Å². The number of ether oxygens (including phenoxy) is 4. The van der Waals surface area contributed by atoms with Crippen molar-refractivity contribution in [2.45, 2.75) is 213 Å². The first-order chi connectivity index (χ1) is 26.7. The van der Waals surface area contributed by atoms with Crippen LogP contribution in [-0.4, -0.2) is 30.8 Å². The molecule has 0 aliphatic carbocycles. The molecule has 6 heteroatoms. The Labute approximate surface area is 332 Å². The Morgan fingerprint density at radius 3 is 1.19 bits per heavy atom. The van der Waals surface area contributed by atoms with Crippen LogP contribution in [0.5, 0.6) is 23.0 Å². The van der Waals surface area contributed by atoms with Crippen LogP contribution in [0, 0.1) is 0 Å². The maximum atomic E-state index is 13.4. The highest BCUT2D eigenvalue weighted by Gasteiger charge is 2.20. The van der Waals surface area contributed by atoms with Gasteiger partial charge in [-0.1, -0.05) is 194 Å². The van der Waals surface area contributed by atoms with E-state index in [4.69, 9.17) is 18.9 Å². The molecule has 6 nitrogen and oxygen atoms in total. The minimum absolute atomic E-state index is 0.390. The second-order valence-corrected chi connectivity index (χ2v) is 15.5. The van der Waals surface area contributed by atoms with E-state index in [1.807, 2.05) is 0 Å². The van der Waals surface area contributed by atoms with Crippen molar-refractivity contribution in [3.05, 3.63) is 42.2 Å². The lowest BCUT2D eigenvalue weighted by molar-refractivity contribution is 0.0732. The lowest BCUT2D eigenvalue weighted by Gasteiger charge is -2.19. The van der Waals surface area contributed by atoms with E-state index >= 15 is 0 Å². The molecule has 2 aromatic rings. The third-order valence-corrected chi connectivity index (χ3v) is 10.4. The van der Waals surface area contributed by atoms with Gasteiger partial charge in [-0.15, -0.1) is 0 Å². The predicted octanol–water partition coefficient (Wildman–Crippen LogP) is 15.2. The largest absolute Gasteiger partial charge is 0.490 e. The fourth-order valence-corrected chi connectivity index (χ4v) is 6.93. The molecule has 0 radical (unpaired) electrons. The number of hydrogen-bond donors (Lipinski definition) is 0. The van der Waals surface area contributed by atoms with Crippen molar-refractivity contribution in [2.24, 2.45) is 0 Å². The van der Waals surface area contributed by atoms with E-state index in [2.05, 4.69) is 25.8 Å². The third-order valence-electron chi connectivity index (χ3n) is 10.4. The normalized spacial score (nSPS) is 11.2. The van der Waals surface area contributed by atoms with Gasteiger partial charge in [0.2, 0.25) is 5.75 Å². The number of aromatic nitrogens is 1. The lowest BCUT2D eigenvalue weighted by atomic mass is 10.1. The number of pyridine rings is 1. The fourth-order valence-electron chi connectivity index (χ4n) is 6.93. The number of rotatable bonds is 38. The number of carbonyl (C=O) groups is 1. The van der Waals surface area contributed by atoms with Gasteiger partial charge in [0, 0.05) is 6.20 Å². The van der Waals surface area contributed by atoms with Crippen molar-refractivity contribution in [3.63, 3.8) is 0 Å². The molecule has 1 heterocycles. The molecule has 0 unspecified atom stereocenters. The summed E-state index contributed by atoms with van der Waals surface area (Å²) in [5.41, 5.74) is 0.390. The minimum atomic E-state index is -0.461. The van der Waals surface area contributed by atoms with E-state index in [-0.39, 0.29) is 0 Å². The van der Waals surface area contributed by atoms with Crippen LogP contribution >= 0.6 is 0 Å². The predicted molar refractivity (Wildman–Crippen MR) is 228 cm³/mol. The Morgan fingerprint density at radius 2 is 0.833 bits per heavy atom. The lowest BCUT2D eigenvalue weighted by Crippen LogP contribution is -2.12. The molecule has 0 aliphatic rings. The zero-order valence-electron chi connectivity index (χ0n) is 35.3. The van der Waals surface area contributed by atoms with Crippen molar-refractivity contribution in [1.29, 1.82) is 0 Å². The van der Waals surface area contributed by atoms with E-state index in [0.29, 0.717) is 48.4 Å². The molecule has 0 bridgehead atoms. The van der Waals surface area contributed by atoms with Crippen LogP contribution < -0.4 is 18.9 Å². The van der Waals surface area contributed by atoms with Gasteiger partial charge in [-0.2, -0.15) is 0 Å². The second kappa shape index (κ2) is 34.7. The minimum Gasteiger partial charge on any atom is -0.490 e. The molecule has 0 atom stereocenters. The molecule has 308 valence electrons. The van der Waals surface area contributed by atoms with Crippen LogP contribution in [0.2, 0.25) is 0 Å². The number of nitrogens with zero attached hydrogens (tertiary/aromatic N) is 1. The van der Waals surface area contributed by atoms with Gasteiger partial charge in [0.25, 0.3) is 0 Å². The van der Waals surface area contributed by atoms with E-state index in [1.54, 1.807) is 36.7 Å². The van der Waals surface area contributed by atoms with Crippen molar-refractivity contribution in [3.8, 4) is 23.0 Å². The standard InChI is InChI=1S/C48H81NO5/c1-4-7-10-13-16-19-22-25-28-31-37-51-45-40-43(48(50)54-44-35-34-36-49-42-44)41-46(52-38-32-29-26-23-20-17-14-11-8-5-2)47(45)53-39-33-30-27-24-21-18-15-12-9-6-3/h34-36,40-42H,4-33,37-39H2,1-3H3. The number of benzene rings is 1. The van der Waals surface area contributed by atoms with Gasteiger partial charge in [0.1, 0.15) is 5.75 Å². The Kier molecular flexibility index (Phi) is 30.5. The smallest absolute Gasteiger partial charge is 0.343 e. The summed E-state index contributed by atoms with van der Waals surface area (Å²) in [4.78, 5) is 17.5. The first-order valence-electron chi connectivity index (χ1n) is 22.9. The first-order valence-corrected chi connectivity index (χ1v) is 22.9. The molecule has 54 heavy (non-hydrogen) atoms. The summed E-state index contributed by atoms with van der Waals surface area (Å²) < 4.78 is 25.0. The maximum absolute atomic E-state index is 13.4. The third kappa shape index (κ3) is 24.6. The maximum Gasteiger partial charge on any atom is 0.343 e. The van der Waals surface area contributed by atoms with E-state index in [0.717, 1.165) is 38.5 Å². The fraction of sp³-hybridized carbons (Fsp3) is 0.750. The molecule has 0 saturated carbocycles. The van der Waals surface area contributed by atoms with Gasteiger partial charge >= 0.3 is 5.97 Å². The highest BCUT2D eigenvalue weighted by atomic mass is 16.5. The average molecular weight is 752 g/mol. The van der Waals surface area contributed by atoms with Crippen LogP contribution in [0.4, 0.5) is 0 Å². The summed E-state index contributed by atoms with van der Waals surface area (Å²) in [6.07, 6.45) is 41.3. The Balaban J connectivity index is 2.02. The van der Waals surface area contributed by atoms with Gasteiger partial charge in [0.05, 0.1) is 31.6 Å². The summed E-state index contributed by atoms with van der Waals surface area (Å²) in [6.45, 7) is 8.56. The summed E-state index contributed by atoms with van der Waals surface area (Å²) in [6, 6.07) is 7.04. The van der Waals surface area contributed by atoms with Crippen LogP contribution in [0.15, 0.2) is 36.7 Å². The average Bonchev–Trinajstić information content (AvgIpc) is 3.18. The number of unbranched alkanes of at least 4 members (excludes halogenated alkanes) is 27. The molecule has 1 aromatic heterocycles. The number of hydrogen-bond acceptors (Lipinski definition) is 6. The van der Waals surface area contributed by atoms with Crippen LogP contribution in [-0.2, 0) is 0 Å². The quantitative estimate of drug-likeness (QED) is 0.0503. The monoisotopic (exact) mass is 752 g/mol. The molecule has 0 aliphatic heterocycles. The molecule has 2 rings (SSSR count). The molecule has 0 spiro atoms. The van der Waals surface area contributed by atoms with Gasteiger partial charge in [0.15, 0.2) is 11.5 Å². The number of esters is 1. The summed E-state index contributed by atoms with van der Waals surface area (Å²) in [7, 11) is 0. The molecule has 1 aromatic carbocycles. The zero-order chi connectivity index (χ0) is 38.6. The van der Waals surface area contributed by atoms with Gasteiger partial charge in [-0.3, -0.25) is 4.98 Å². The van der Waals surface area contributed by atoms with Crippen molar-refractivity contribution < 1.29 is 23.7 Å².